The van der Waals surface area contributed by atoms with E-state index in [1.165, 1.54) is 7.11 Å². The van der Waals surface area contributed by atoms with Crippen molar-refractivity contribution >= 4 is 29.1 Å². The van der Waals surface area contributed by atoms with E-state index in [4.69, 9.17) is 26.8 Å². The Hall–Kier alpha value is -2.03. The molecule has 1 aromatic carbocycles. The average Bonchev–Trinajstić information content (AvgIpc) is 3.39. The zero-order valence-electron chi connectivity index (χ0n) is 20.8. The zero-order valence-corrected chi connectivity index (χ0v) is 21.5. The van der Waals surface area contributed by atoms with Gasteiger partial charge in [0, 0.05) is 64.5 Å². The third-order valence-corrected chi connectivity index (χ3v) is 8.09. The Balaban J connectivity index is 1.15. The molecule has 4 rings (SSSR count). The molecule has 0 saturated carbocycles. The van der Waals surface area contributed by atoms with Gasteiger partial charge in [0.15, 0.2) is 0 Å². The number of nitrogens with two attached hydrogens (primary N) is 1. The van der Waals surface area contributed by atoms with Crippen molar-refractivity contribution in [3.8, 4) is 5.75 Å². The molecule has 0 spiro atoms. The fourth-order valence-electron chi connectivity index (χ4n) is 5.47. The van der Waals surface area contributed by atoms with Gasteiger partial charge in [-0.2, -0.15) is 0 Å². The summed E-state index contributed by atoms with van der Waals surface area (Å²) in [5.41, 5.74) is 6.63. The van der Waals surface area contributed by atoms with Gasteiger partial charge in [-0.05, 0) is 56.4 Å². The number of nitrogen functional groups attached to an aromatic ring is 1. The molecule has 3 heterocycles. The van der Waals surface area contributed by atoms with E-state index in [9.17, 15) is 9.59 Å². The van der Waals surface area contributed by atoms with Crippen LogP contribution in [0.15, 0.2) is 12.1 Å². The van der Waals surface area contributed by atoms with E-state index in [-0.39, 0.29) is 11.9 Å². The number of likely N-dealkylation sites (tertiary alicyclic amines) is 2. The lowest BCUT2D eigenvalue weighted by molar-refractivity contribution is -0.133. The minimum atomic E-state index is -0.181. The Morgan fingerprint density at radius 3 is 2.51 bits per heavy atom. The lowest BCUT2D eigenvalue weighted by Crippen LogP contribution is -2.47. The first-order valence-corrected chi connectivity index (χ1v) is 13.3. The molecular weight excluding hydrogens is 468 g/mol. The number of ether oxygens (including phenoxy) is 2. The molecule has 1 aromatic rings. The van der Waals surface area contributed by atoms with Crippen LogP contribution >= 0.6 is 11.6 Å². The van der Waals surface area contributed by atoms with Crippen molar-refractivity contribution in [3.05, 3.63) is 22.7 Å². The molecular formula is C26H39ClN4O4. The van der Waals surface area contributed by atoms with Crippen LogP contribution in [0.5, 0.6) is 5.75 Å². The smallest absolute Gasteiger partial charge is 0.255 e. The summed E-state index contributed by atoms with van der Waals surface area (Å²) in [4.78, 5) is 30.0. The summed E-state index contributed by atoms with van der Waals surface area (Å²) in [6, 6.07) is 3.29. The van der Waals surface area contributed by atoms with E-state index < -0.39 is 0 Å². The molecule has 35 heavy (non-hydrogen) atoms. The number of rotatable bonds is 8. The Labute approximate surface area is 213 Å². The van der Waals surface area contributed by atoms with E-state index in [1.807, 2.05) is 0 Å². The number of carbonyl (C=O) groups is 2. The van der Waals surface area contributed by atoms with E-state index in [0.717, 1.165) is 84.5 Å². The lowest BCUT2D eigenvalue weighted by Gasteiger charge is -2.38. The molecule has 3 fully saturated rings. The van der Waals surface area contributed by atoms with Crippen LogP contribution in [0.3, 0.4) is 0 Å². The summed E-state index contributed by atoms with van der Waals surface area (Å²) in [5.74, 6) is 1.76. The number of halogens is 1. The van der Waals surface area contributed by atoms with Crippen molar-refractivity contribution in [1.29, 1.82) is 0 Å². The molecule has 194 valence electrons. The summed E-state index contributed by atoms with van der Waals surface area (Å²) in [5, 5.41) is 3.48. The maximum absolute atomic E-state index is 12.8. The predicted octanol–water partition coefficient (Wildman–Crippen LogP) is 3.18. The van der Waals surface area contributed by atoms with Gasteiger partial charge in [-0.1, -0.05) is 11.6 Å². The molecule has 1 unspecified atom stereocenters. The van der Waals surface area contributed by atoms with Crippen LogP contribution < -0.4 is 15.8 Å². The topological polar surface area (TPSA) is 97.1 Å². The van der Waals surface area contributed by atoms with Crippen LogP contribution in [0.25, 0.3) is 0 Å². The van der Waals surface area contributed by atoms with Crippen molar-refractivity contribution in [2.24, 2.45) is 11.8 Å². The number of benzene rings is 1. The van der Waals surface area contributed by atoms with Gasteiger partial charge in [-0.25, -0.2) is 0 Å². The average molecular weight is 507 g/mol. The Kier molecular flexibility index (Phi) is 9.14. The highest BCUT2D eigenvalue weighted by atomic mass is 35.5. The zero-order chi connectivity index (χ0) is 24.8. The Morgan fingerprint density at radius 2 is 1.86 bits per heavy atom. The van der Waals surface area contributed by atoms with Crippen molar-refractivity contribution in [1.82, 2.24) is 15.1 Å². The summed E-state index contributed by atoms with van der Waals surface area (Å²) < 4.78 is 10.7. The third kappa shape index (κ3) is 7.02. The number of anilines is 1. The van der Waals surface area contributed by atoms with Crippen LogP contribution in [-0.4, -0.2) is 80.7 Å². The van der Waals surface area contributed by atoms with Crippen molar-refractivity contribution in [2.45, 2.75) is 51.0 Å². The monoisotopic (exact) mass is 506 g/mol. The molecule has 9 heteroatoms. The van der Waals surface area contributed by atoms with Gasteiger partial charge < -0.3 is 30.3 Å². The Morgan fingerprint density at radius 1 is 1.11 bits per heavy atom. The fourth-order valence-corrected chi connectivity index (χ4v) is 5.63. The van der Waals surface area contributed by atoms with Crippen molar-refractivity contribution in [2.75, 3.05) is 58.8 Å². The van der Waals surface area contributed by atoms with Gasteiger partial charge in [-0.15, -0.1) is 0 Å². The molecule has 0 bridgehead atoms. The molecule has 3 aliphatic rings. The number of hydrogen-bond donors (Lipinski definition) is 2. The number of hydrogen-bond acceptors (Lipinski definition) is 6. The van der Waals surface area contributed by atoms with E-state index in [1.54, 1.807) is 12.1 Å². The van der Waals surface area contributed by atoms with Crippen molar-refractivity contribution < 1.29 is 19.1 Å². The highest BCUT2D eigenvalue weighted by molar-refractivity contribution is 6.33. The first-order chi connectivity index (χ1) is 16.9. The molecule has 3 N–H and O–H groups in total. The quantitative estimate of drug-likeness (QED) is 0.526. The second-order valence-corrected chi connectivity index (χ2v) is 10.6. The van der Waals surface area contributed by atoms with E-state index in [2.05, 4.69) is 15.1 Å². The molecule has 0 aliphatic carbocycles. The Bertz CT molecular complexity index is 876. The van der Waals surface area contributed by atoms with Gasteiger partial charge in [0.1, 0.15) is 5.75 Å². The maximum atomic E-state index is 12.8. The first kappa shape index (κ1) is 26.0. The van der Waals surface area contributed by atoms with Gasteiger partial charge in [0.25, 0.3) is 5.91 Å². The van der Waals surface area contributed by atoms with Gasteiger partial charge >= 0.3 is 0 Å². The maximum Gasteiger partial charge on any atom is 0.255 e. The summed E-state index contributed by atoms with van der Waals surface area (Å²) >= 11 is 6.12. The van der Waals surface area contributed by atoms with Crippen molar-refractivity contribution in [3.63, 3.8) is 0 Å². The molecule has 0 aromatic heterocycles. The van der Waals surface area contributed by atoms with Gasteiger partial charge in [0.2, 0.25) is 5.91 Å². The largest absolute Gasteiger partial charge is 0.496 e. The van der Waals surface area contributed by atoms with Crippen LogP contribution in [0, 0.1) is 11.8 Å². The normalized spacial score (nSPS) is 22.3. The predicted molar refractivity (Wildman–Crippen MR) is 137 cm³/mol. The van der Waals surface area contributed by atoms with Crippen LogP contribution in [0.1, 0.15) is 55.3 Å². The molecule has 8 nitrogen and oxygen atoms in total. The minimum absolute atomic E-state index is 0.129. The SMILES string of the molecule is COc1cc(N)c(Cl)cc1C(=O)NC1CCN(CC2CCN(C(=O)CCC3CCOC3)CC2)CC1. The second-order valence-electron chi connectivity index (χ2n) is 10.2. The van der Waals surface area contributed by atoms with Crippen LogP contribution in [-0.2, 0) is 9.53 Å². The summed E-state index contributed by atoms with van der Waals surface area (Å²) in [7, 11) is 1.52. The molecule has 3 saturated heterocycles. The molecule has 2 amide bonds. The van der Waals surface area contributed by atoms with Crippen LogP contribution in [0.4, 0.5) is 5.69 Å². The lowest BCUT2D eigenvalue weighted by atomic mass is 9.94. The van der Waals surface area contributed by atoms with Crippen LogP contribution in [0.2, 0.25) is 5.02 Å². The second kappa shape index (κ2) is 12.3. The highest BCUT2D eigenvalue weighted by Crippen LogP contribution is 2.29. The number of carbonyl (C=O) groups excluding carboxylic acids is 2. The standard InChI is InChI=1S/C26H39ClN4O4/c1-34-24-15-23(28)22(27)14-21(24)26(33)29-20-6-9-30(10-7-20)16-18-4-11-31(12-5-18)25(32)3-2-19-8-13-35-17-19/h14-15,18-20H,2-13,16-17,28H2,1H3,(H,29,33). The van der Waals surface area contributed by atoms with E-state index in [0.29, 0.717) is 46.2 Å². The molecule has 1 atom stereocenters. The number of nitrogens with zero attached hydrogens (tertiary/aromatic N) is 2. The first-order valence-electron chi connectivity index (χ1n) is 12.9. The number of nitrogens with one attached hydrogen (secondary N) is 1. The number of piperidine rings is 2. The number of methoxy groups -OCH3 is 1. The van der Waals surface area contributed by atoms with Gasteiger partial charge in [-0.3, -0.25) is 9.59 Å². The number of amides is 2. The summed E-state index contributed by atoms with van der Waals surface area (Å²) in [6.07, 6.45) is 6.70. The third-order valence-electron chi connectivity index (χ3n) is 7.76. The minimum Gasteiger partial charge on any atom is -0.496 e. The highest BCUT2D eigenvalue weighted by Gasteiger charge is 2.28. The summed E-state index contributed by atoms with van der Waals surface area (Å²) in [6.45, 7) is 6.43. The molecule has 0 radical (unpaired) electrons. The molecule has 3 aliphatic heterocycles. The fraction of sp³-hybridized carbons (Fsp3) is 0.692. The van der Waals surface area contributed by atoms with Gasteiger partial charge in [0.05, 0.1) is 23.4 Å². The van der Waals surface area contributed by atoms with E-state index >= 15 is 0 Å².